The monoisotopic (exact) mass is 186 g/mol. The summed E-state index contributed by atoms with van der Waals surface area (Å²) in [6.07, 6.45) is 0. The largest absolute Gasteiger partial charge is 0.359 e. The van der Waals surface area contributed by atoms with E-state index in [1.807, 2.05) is 0 Å². The van der Waals surface area contributed by atoms with Crippen molar-refractivity contribution in [3.63, 3.8) is 0 Å². The van der Waals surface area contributed by atoms with Crippen LogP contribution in [-0.4, -0.2) is 18.1 Å². The molecule has 1 aliphatic rings. The SMILES string of the molecule is Cc1cc2cc(C3CNC3)ccc2[nH]1. The fourth-order valence-electron chi connectivity index (χ4n) is 2.07. The Balaban J connectivity index is 2.09. The summed E-state index contributed by atoms with van der Waals surface area (Å²) in [6.45, 7) is 4.37. The number of aromatic nitrogens is 1. The minimum absolute atomic E-state index is 0.731. The molecule has 0 spiro atoms. The maximum absolute atomic E-state index is 3.34. The van der Waals surface area contributed by atoms with Gasteiger partial charge < -0.3 is 10.3 Å². The molecule has 0 saturated carbocycles. The highest BCUT2D eigenvalue weighted by Crippen LogP contribution is 2.24. The molecule has 3 rings (SSSR count). The Morgan fingerprint density at radius 2 is 2.07 bits per heavy atom. The van der Waals surface area contributed by atoms with Crippen molar-refractivity contribution in [1.29, 1.82) is 0 Å². The predicted octanol–water partition coefficient (Wildman–Crippen LogP) is 2.16. The Morgan fingerprint density at radius 3 is 2.79 bits per heavy atom. The topological polar surface area (TPSA) is 27.8 Å². The standard InChI is InChI=1S/C12H14N2/c1-8-4-10-5-9(11-6-13-7-11)2-3-12(10)14-8/h2-5,11,13-14H,6-7H2,1H3. The molecule has 2 heteroatoms. The van der Waals surface area contributed by atoms with Crippen LogP contribution in [-0.2, 0) is 0 Å². The van der Waals surface area contributed by atoms with Gasteiger partial charge in [-0.15, -0.1) is 0 Å². The van der Waals surface area contributed by atoms with E-state index in [0.717, 1.165) is 19.0 Å². The third-order valence-corrected chi connectivity index (χ3v) is 3.03. The number of aryl methyl sites for hydroxylation is 1. The quantitative estimate of drug-likeness (QED) is 0.701. The minimum Gasteiger partial charge on any atom is -0.359 e. The lowest BCUT2D eigenvalue weighted by atomic mass is 9.93. The van der Waals surface area contributed by atoms with Gasteiger partial charge in [0.2, 0.25) is 0 Å². The number of rotatable bonds is 1. The van der Waals surface area contributed by atoms with Crippen LogP contribution in [0.3, 0.4) is 0 Å². The number of nitrogens with one attached hydrogen (secondary N) is 2. The van der Waals surface area contributed by atoms with Crippen molar-refractivity contribution < 1.29 is 0 Å². The summed E-state index contributed by atoms with van der Waals surface area (Å²) in [5.41, 5.74) is 3.96. The summed E-state index contributed by atoms with van der Waals surface area (Å²) >= 11 is 0. The van der Waals surface area contributed by atoms with Crippen molar-refractivity contribution in [3.05, 3.63) is 35.5 Å². The number of benzene rings is 1. The van der Waals surface area contributed by atoms with Crippen LogP contribution in [0.4, 0.5) is 0 Å². The first-order chi connectivity index (χ1) is 6.83. The first-order valence-electron chi connectivity index (χ1n) is 5.13. The zero-order chi connectivity index (χ0) is 9.54. The lowest BCUT2D eigenvalue weighted by molar-refractivity contribution is 0.449. The molecule has 72 valence electrons. The molecule has 0 radical (unpaired) electrons. The predicted molar refractivity (Wildman–Crippen MR) is 58.6 cm³/mol. The van der Waals surface area contributed by atoms with Gasteiger partial charge in [0.15, 0.2) is 0 Å². The second kappa shape index (κ2) is 2.85. The fourth-order valence-corrected chi connectivity index (χ4v) is 2.07. The van der Waals surface area contributed by atoms with Crippen molar-refractivity contribution in [3.8, 4) is 0 Å². The van der Waals surface area contributed by atoms with E-state index >= 15 is 0 Å². The molecule has 0 aliphatic carbocycles. The third-order valence-electron chi connectivity index (χ3n) is 3.03. The van der Waals surface area contributed by atoms with E-state index in [9.17, 15) is 0 Å². The summed E-state index contributed by atoms with van der Waals surface area (Å²) in [7, 11) is 0. The lowest BCUT2D eigenvalue weighted by Crippen LogP contribution is -2.39. The summed E-state index contributed by atoms with van der Waals surface area (Å²) in [6, 6.07) is 8.95. The van der Waals surface area contributed by atoms with Gasteiger partial charge in [0, 0.05) is 30.2 Å². The molecule has 2 nitrogen and oxygen atoms in total. The van der Waals surface area contributed by atoms with Gasteiger partial charge in [0.05, 0.1) is 0 Å². The van der Waals surface area contributed by atoms with E-state index in [4.69, 9.17) is 0 Å². The molecule has 0 unspecified atom stereocenters. The van der Waals surface area contributed by atoms with Crippen LogP contribution in [0.15, 0.2) is 24.3 Å². The number of aromatic amines is 1. The fraction of sp³-hybridized carbons (Fsp3) is 0.333. The van der Waals surface area contributed by atoms with Gasteiger partial charge in [-0.25, -0.2) is 0 Å². The molecule has 0 bridgehead atoms. The highest BCUT2D eigenvalue weighted by molar-refractivity contribution is 5.81. The Hall–Kier alpha value is -1.28. The molecule has 0 atom stereocenters. The van der Waals surface area contributed by atoms with Crippen molar-refractivity contribution in [1.82, 2.24) is 10.3 Å². The van der Waals surface area contributed by atoms with Crippen LogP contribution in [0.25, 0.3) is 10.9 Å². The first-order valence-corrected chi connectivity index (χ1v) is 5.13. The van der Waals surface area contributed by atoms with Crippen LogP contribution >= 0.6 is 0 Å². The zero-order valence-electron chi connectivity index (χ0n) is 8.30. The van der Waals surface area contributed by atoms with Crippen molar-refractivity contribution >= 4 is 10.9 Å². The molecule has 1 saturated heterocycles. The Labute approximate surface area is 83.3 Å². The van der Waals surface area contributed by atoms with Crippen LogP contribution in [0.1, 0.15) is 17.2 Å². The Bertz CT molecular complexity index is 466. The average Bonchev–Trinajstić information content (AvgIpc) is 2.40. The highest BCUT2D eigenvalue weighted by atomic mass is 14.9. The van der Waals surface area contributed by atoms with Crippen LogP contribution < -0.4 is 5.32 Å². The van der Waals surface area contributed by atoms with Gasteiger partial charge in [-0.1, -0.05) is 6.07 Å². The second-order valence-electron chi connectivity index (χ2n) is 4.15. The summed E-state index contributed by atoms with van der Waals surface area (Å²) in [5.74, 6) is 0.731. The normalized spacial score (nSPS) is 17.2. The minimum atomic E-state index is 0.731. The van der Waals surface area contributed by atoms with Gasteiger partial charge in [0.1, 0.15) is 0 Å². The number of fused-ring (bicyclic) bond motifs is 1. The summed E-state index contributed by atoms with van der Waals surface area (Å²) < 4.78 is 0. The molecule has 1 fully saturated rings. The van der Waals surface area contributed by atoms with Crippen molar-refractivity contribution in [2.75, 3.05) is 13.1 Å². The lowest BCUT2D eigenvalue weighted by Gasteiger charge is -2.27. The molecule has 1 aromatic heterocycles. The van der Waals surface area contributed by atoms with Gasteiger partial charge >= 0.3 is 0 Å². The second-order valence-corrected chi connectivity index (χ2v) is 4.15. The molecule has 2 N–H and O–H groups in total. The molecule has 1 aliphatic heterocycles. The molecule has 1 aromatic carbocycles. The summed E-state index contributed by atoms with van der Waals surface area (Å²) in [5, 5.41) is 4.64. The molecular weight excluding hydrogens is 172 g/mol. The molecular formula is C12H14N2. The van der Waals surface area contributed by atoms with E-state index in [-0.39, 0.29) is 0 Å². The smallest absolute Gasteiger partial charge is 0.0456 e. The van der Waals surface area contributed by atoms with Gasteiger partial charge in [-0.05, 0) is 36.1 Å². The Kier molecular flexibility index (Phi) is 1.64. The zero-order valence-corrected chi connectivity index (χ0v) is 8.30. The van der Waals surface area contributed by atoms with E-state index in [1.165, 1.54) is 22.2 Å². The number of H-pyrrole nitrogens is 1. The van der Waals surface area contributed by atoms with E-state index in [1.54, 1.807) is 0 Å². The van der Waals surface area contributed by atoms with Crippen molar-refractivity contribution in [2.45, 2.75) is 12.8 Å². The van der Waals surface area contributed by atoms with Gasteiger partial charge in [-0.3, -0.25) is 0 Å². The Morgan fingerprint density at radius 1 is 1.21 bits per heavy atom. The third kappa shape index (κ3) is 1.15. The summed E-state index contributed by atoms with van der Waals surface area (Å²) in [4.78, 5) is 3.34. The molecule has 0 amide bonds. The van der Waals surface area contributed by atoms with E-state index in [0.29, 0.717) is 0 Å². The number of hydrogen-bond donors (Lipinski definition) is 2. The molecule has 2 heterocycles. The van der Waals surface area contributed by atoms with Gasteiger partial charge in [0.25, 0.3) is 0 Å². The van der Waals surface area contributed by atoms with Gasteiger partial charge in [-0.2, -0.15) is 0 Å². The average molecular weight is 186 g/mol. The number of hydrogen-bond acceptors (Lipinski definition) is 1. The maximum atomic E-state index is 3.34. The molecule has 14 heavy (non-hydrogen) atoms. The van der Waals surface area contributed by atoms with Crippen molar-refractivity contribution in [2.24, 2.45) is 0 Å². The van der Waals surface area contributed by atoms with E-state index in [2.05, 4.69) is 41.5 Å². The van der Waals surface area contributed by atoms with Crippen LogP contribution in [0, 0.1) is 6.92 Å². The highest BCUT2D eigenvalue weighted by Gasteiger charge is 2.18. The molecule has 2 aromatic rings. The van der Waals surface area contributed by atoms with E-state index < -0.39 is 0 Å². The maximum Gasteiger partial charge on any atom is 0.0456 e. The van der Waals surface area contributed by atoms with Crippen LogP contribution in [0.5, 0.6) is 0 Å². The first kappa shape index (κ1) is 8.06. The van der Waals surface area contributed by atoms with Crippen LogP contribution in [0.2, 0.25) is 0 Å².